The van der Waals surface area contributed by atoms with E-state index in [9.17, 15) is 20.1 Å². The minimum atomic E-state index is -0.628. The second kappa shape index (κ2) is 5.96. The predicted octanol–water partition coefficient (Wildman–Crippen LogP) is 2.94. The lowest BCUT2D eigenvalue weighted by atomic mass is 10.1. The predicted molar refractivity (Wildman–Crippen MR) is 88.7 cm³/mol. The molecule has 0 aliphatic rings. The summed E-state index contributed by atoms with van der Waals surface area (Å²) in [5.74, 6) is -0.519. The van der Waals surface area contributed by atoms with Crippen LogP contribution in [0.3, 0.4) is 0 Å². The molecular weight excluding hydrogens is 310 g/mol. The first kappa shape index (κ1) is 15.4. The number of carbonyl (C=O) groups excluding carboxylic acids is 1. The van der Waals surface area contributed by atoms with Crippen molar-refractivity contribution in [1.29, 1.82) is 0 Å². The summed E-state index contributed by atoms with van der Waals surface area (Å²) in [4.78, 5) is 23.1. The van der Waals surface area contributed by atoms with Gasteiger partial charge in [0.25, 0.3) is 17.1 Å². The first-order chi connectivity index (χ1) is 11.5. The van der Waals surface area contributed by atoms with Crippen molar-refractivity contribution >= 4 is 28.2 Å². The molecule has 1 heterocycles. The number of fused-ring (bicyclic) bond motifs is 1. The van der Waals surface area contributed by atoms with E-state index in [2.05, 4.69) is 5.32 Å². The highest BCUT2D eigenvalue weighted by molar-refractivity contribution is 6.09. The number of nitro benzene ring substituents is 1. The van der Waals surface area contributed by atoms with Crippen LogP contribution < -0.4 is 10.0 Å². The molecule has 1 N–H and O–H groups in total. The third-order valence-corrected chi connectivity index (χ3v) is 3.65. The van der Waals surface area contributed by atoms with E-state index in [0.29, 0.717) is 15.7 Å². The van der Waals surface area contributed by atoms with E-state index in [-0.39, 0.29) is 16.9 Å². The maximum absolute atomic E-state index is 12.4. The van der Waals surface area contributed by atoms with Gasteiger partial charge in [0.15, 0.2) is 11.9 Å². The monoisotopic (exact) mass is 323 g/mol. The Morgan fingerprint density at radius 2 is 1.83 bits per heavy atom. The van der Waals surface area contributed by atoms with Gasteiger partial charge in [0.05, 0.1) is 10.3 Å². The average molecular weight is 323 g/mol. The van der Waals surface area contributed by atoms with Crippen molar-refractivity contribution < 1.29 is 14.4 Å². The van der Waals surface area contributed by atoms with E-state index in [1.807, 2.05) is 6.92 Å². The maximum Gasteiger partial charge on any atom is 0.299 e. The molecule has 2 aromatic carbocycles. The highest BCUT2D eigenvalue weighted by Crippen LogP contribution is 2.31. The van der Waals surface area contributed by atoms with Gasteiger partial charge >= 0.3 is 0 Å². The number of hydrogen-bond acceptors (Lipinski definition) is 4. The third-order valence-electron chi connectivity index (χ3n) is 3.65. The fourth-order valence-electron chi connectivity index (χ4n) is 2.43. The number of pyridine rings is 1. The highest BCUT2D eigenvalue weighted by atomic mass is 16.6. The molecule has 0 unspecified atom stereocenters. The first-order valence-corrected chi connectivity index (χ1v) is 7.14. The van der Waals surface area contributed by atoms with Crippen LogP contribution in [0.15, 0.2) is 54.7 Å². The summed E-state index contributed by atoms with van der Waals surface area (Å²) in [6.07, 6.45) is 1.23. The largest absolute Gasteiger partial charge is 0.618 e. The Kier molecular flexibility index (Phi) is 3.83. The SMILES string of the molecule is Cc1ccc(C(=O)Nc2c([N+](=O)[O-])ccc3ccc[n+]([O-])c23)cc1. The molecule has 3 rings (SSSR count). The van der Waals surface area contributed by atoms with Crippen LogP contribution in [0.25, 0.3) is 10.9 Å². The average Bonchev–Trinajstić information content (AvgIpc) is 2.55. The summed E-state index contributed by atoms with van der Waals surface area (Å²) in [5, 5.41) is 26.4. The topological polar surface area (TPSA) is 99.2 Å². The lowest BCUT2D eigenvalue weighted by Gasteiger charge is -2.09. The van der Waals surface area contributed by atoms with Crippen molar-refractivity contribution in [2.45, 2.75) is 6.92 Å². The molecule has 0 fully saturated rings. The summed E-state index contributed by atoms with van der Waals surface area (Å²) < 4.78 is 0.507. The zero-order chi connectivity index (χ0) is 17.3. The highest BCUT2D eigenvalue weighted by Gasteiger charge is 2.24. The summed E-state index contributed by atoms with van der Waals surface area (Å²) in [5.41, 5.74) is 0.935. The Labute approximate surface area is 136 Å². The van der Waals surface area contributed by atoms with Crippen LogP contribution in [0.5, 0.6) is 0 Å². The second-order valence-corrected chi connectivity index (χ2v) is 5.31. The van der Waals surface area contributed by atoms with Crippen LogP contribution in [0.2, 0.25) is 0 Å². The number of aryl methyl sites for hydroxylation is 1. The Morgan fingerprint density at radius 1 is 1.12 bits per heavy atom. The normalized spacial score (nSPS) is 10.5. The molecule has 24 heavy (non-hydrogen) atoms. The quantitative estimate of drug-likeness (QED) is 0.347. The van der Waals surface area contributed by atoms with Gasteiger partial charge in [-0.15, -0.1) is 0 Å². The zero-order valence-corrected chi connectivity index (χ0v) is 12.7. The van der Waals surface area contributed by atoms with Gasteiger partial charge in [-0.2, -0.15) is 4.73 Å². The number of amides is 1. The van der Waals surface area contributed by atoms with E-state index in [0.717, 1.165) is 5.56 Å². The summed E-state index contributed by atoms with van der Waals surface area (Å²) >= 11 is 0. The minimum Gasteiger partial charge on any atom is -0.618 e. The van der Waals surface area contributed by atoms with Crippen molar-refractivity contribution in [1.82, 2.24) is 0 Å². The number of hydrogen-bond donors (Lipinski definition) is 1. The molecule has 0 spiro atoms. The molecule has 7 nitrogen and oxygen atoms in total. The molecule has 0 atom stereocenters. The molecule has 1 amide bonds. The third kappa shape index (κ3) is 2.74. The number of nitrogens with zero attached hydrogens (tertiary/aromatic N) is 2. The van der Waals surface area contributed by atoms with Crippen molar-refractivity contribution in [2.75, 3.05) is 5.32 Å². The summed E-state index contributed by atoms with van der Waals surface area (Å²) in [6.45, 7) is 1.89. The molecule has 1 aromatic heterocycles. The molecule has 0 saturated heterocycles. The molecule has 0 radical (unpaired) electrons. The van der Waals surface area contributed by atoms with Crippen LogP contribution in [-0.2, 0) is 0 Å². The van der Waals surface area contributed by atoms with E-state index >= 15 is 0 Å². The Bertz CT molecular complexity index is 952. The molecule has 3 aromatic rings. The van der Waals surface area contributed by atoms with E-state index < -0.39 is 10.8 Å². The molecule has 0 aliphatic heterocycles. The Morgan fingerprint density at radius 3 is 2.50 bits per heavy atom. The van der Waals surface area contributed by atoms with E-state index in [1.165, 1.54) is 24.4 Å². The Balaban J connectivity index is 2.13. The van der Waals surface area contributed by atoms with Crippen LogP contribution in [0.4, 0.5) is 11.4 Å². The maximum atomic E-state index is 12.4. The van der Waals surface area contributed by atoms with E-state index in [1.54, 1.807) is 30.3 Å². The van der Waals surface area contributed by atoms with Gasteiger partial charge in [0.2, 0.25) is 0 Å². The summed E-state index contributed by atoms with van der Waals surface area (Å²) in [6, 6.07) is 12.7. The smallest absolute Gasteiger partial charge is 0.299 e. The summed E-state index contributed by atoms with van der Waals surface area (Å²) in [7, 11) is 0. The standard InChI is InChI=1S/C17H13N3O4/c1-11-4-6-13(7-5-11)17(21)18-15-14(20(23)24)9-8-12-3-2-10-19(22)16(12)15/h2-10H,1H3,(H,18,21). The lowest BCUT2D eigenvalue weighted by molar-refractivity contribution is -0.576. The van der Waals surface area contributed by atoms with Gasteiger partial charge in [-0.05, 0) is 31.2 Å². The number of anilines is 1. The van der Waals surface area contributed by atoms with Gasteiger partial charge < -0.3 is 10.5 Å². The fourth-order valence-corrected chi connectivity index (χ4v) is 2.43. The number of aromatic nitrogens is 1. The molecule has 0 aliphatic carbocycles. The van der Waals surface area contributed by atoms with Crippen LogP contribution in [0, 0.1) is 22.2 Å². The van der Waals surface area contributed by atoms with Gasteiger partial charge in [0.1, 0.15) is 0 Å². The van der Waals surface area contributed by atoms with Gasteiger partial charge in [-0.3, -0.25) is 14.9 Å². The van der Waals surface area contributed by atoms with Crippen molar-refractivity contribution in [3.8, 4) is 0 Å². The van der Waals surface area contributed by atoms with Gasteiger partial charge in [-0.25, -0.2) is 0 Å². The van der Waals surface area contributed by atoms with Crippen LogP contribution in [0.1, 0.15) is 15.9 Å². The minimum absolute atomic E-state index is 0.0483. The molecule has 7 heteroatoms. The fraction of sp³-hybridized carbons (Fsp3) is 0.0588. The number of nitrogens with one attached hydrogen (secondary N) is 1. The lowest BCUT2D eigenvalue weighted by Crippen LogP contribution is -2.28. The molecule has 0 bridgehead atoms. The Hall–Kier alpha value is -3.48. The first-order valence-electron chi connectivity index (χ1n) is 7.14. The zero-order valence-electron chi connectivity index (χ0n) is 12.7. The number of rotatable bonds is 3. The van der Waals surface area contributed by atoms with Crippen LogP contribution >= 0.6 is 0 Å². The van der Waals surface area contributed by atoms with Gasteiger partial charge in [-0.1, -0.05) is 17.7 Å². The number of carbonyl (C=O) groups is 1. The molecular formula is C17H13N3O4. The van der Waals surface area contributed by atoms with E-state index in [4.69, 9.17) is 0 Å². The van der Waals surface area contributed by atoms with Crippen molar-refractivity contribution in [2.24, 2.45) is 0 Å². The second-order valence-electron chi connectivity index (χ2n) is 5.31. The van der Waals surface area contributed by atoms with Gasteiger partial charge in [0, 0.05) is 17.7 Å². The molecule has 0 saturated carbocycles. The molecule has 120 valence electrons. The van der Waals surface area contributed by atoms with Crippen molar-refractivity contribution in [3.05, 3.63) is 81.2 Å². The van der Waals surface area contributed by atoms with Crippen molar-refractivity contribution in [3.63, 3.8) is 0 Å². The number of benzene rings is 2. The van der Waals surface area contributed by atoms with Crippen LogP contribution in [-0.4, -0.2) is 10.8 Å². The number of nitro groups is 1.